The first-order valence-electron chi connectivity index (χ1n) is 5.81. The lowest BCUT2D eigenvalue weighted by molar-refractivity contribution is -0.274. The van der Waals surface area contributed by atoms with Crippen molar-refractivity contribution in [3.63, 3.8) is 0 Å². The lowest BCUT2D eigenvalue weighted by Crippen LogP contribution is -2.18. The van der Waals surface area contributed by atoms with E-state index in [4.69, 9.17) is 5.26 Å². The fraction of sp³-hybridized carbons (Fsp3) is 0.154. The van der Waals surface area contributed by atoms with E-state index in [1.54, 1.807) is 13.0 Å². The topological polar surface area (TPSA) is 75.0 Å². The summed E-state index contributed by atoms with van der Waals surface area (Å²) in [7, 11) is 0. The number of ether oxygens (including phenoxy) is 1. The van der Waals surface area contributed by atoms with Gasteiger partial charge in [-0.05, 0) is 25.1 Å². The van der Waals surface area contributed by atoms with Crippen molar-refractivity contribution in [1.82, 2.24) is 4.98 Å². The number of nitriles is 1. The van der Waals surface area contributed by atoms with Crippen molar-refractivity contribution in [2.24, 2.45) is 0 Å². The number of nitrogens with one attached hydrogen (secondary N) is 1. The van der Waals surface area contributed by atoms with Gasteiger partial charge in [-0.2, -0.15) is 5.26 Å². The van der Waals surface area contributed by atoms with Crippen LogP contribution in [0.4, 0.5) is 18.9 Å². The van der Waals surface area contributed by atoms with Crippen LogP contribution in [0.1, 0.15) is 20.9 Å². The van der Waals surface area contributed by atoms with Crippen LogP contribution in [0.15, 0.2) is 23.7 Å². The molecule has 1 amide bonds. The molecule has 1 aromatic heterocycles. The molecular formula is C13H8F3N3O2S. The van der Waals surface area contributed by atoms with Gasteiger partial charge in [0.1, 0.15) is 16.7 Å². The van der Waals surface area contributed by atoms with Crippen molar-refractivity contribution in [2.75, 3.05) is 5.32 Å². The Hall–Kier alpha value is -2.60. The second-order valence-electron chi connectivity index (χ2n) is 4.09. The Morgan fingerprint density at radius 2 is 2.18 bits per heavy atom. The van der Waals surface area contributed by atoms with Gasteiger partial charge in [0.15, 0.2) is 0 Å². The molecule has 0 saturated heterocycles. The highest BCUT2D eigenvalue weighted by Crippen LogP contribution is 2.28. The van der Waals surface area contributed by atoms with E-state index in [1.165, 1.54) is 11.6 Å². The van der Waals surface area contributed by atoms with E-state index in [9.17, 15) is 18.0 Å². The molecule has 0 bridgehead atoms. The van der Waals surface area contributed by atoms with Crippen molar-refractivity contribution < 1.29 is 22.7 Å². The van der Waals surface area contributed by atoms with Gasteiger partial charge in [-0.3, -0.25) is 4.79 Å². The Balaban J connectivity index is 2.22. The van der Waals surface area contributed by atoms with Gasteiger partial charge in [-0.25, -0.2) is 4.98 Å². The van der Waals surface area contributed by atoms with Crippen LogP contribution in [-0.2, 0) is 0 Å². The number of carbonyl (C=O) groups is 1. The highest BCUT2D eigenvalue weighted by molar-refractivity contribution is 7.12. The number of carbonyl (C=O) groups excluding carboxylic acids is 1. The van der Waals surface area contributed by atoms with Crippen molar-refractivity contribution in [2.45, 2.75) is 13.3 Å². The van der Waals surface area contributed by atoms with Crippen LogP contribution in [0.25, 0.3) is 0 Å². The van der Waals surface area contributed by atoms with Gasteiger partial charge in [0, 0.05) is 5.69 Å². The maximum absolute atomic E-state index is 12.2. The number of benzene rings is 1. The van der Waals surface area contributed by atoms with E-state index in [-0.39, 0.29) is 11.3 Å². The largest absolute Gasteiger partial charge is 0.573 e. The number of nitrogens with zero attached hydrogens (tertiary/aromatic N) is 2. The molecule has 1 N–H and O–H groups in total. The molecular weight excluding hydrogens is 319 g/mol. The molecule has 1 aromatic carbocycles. The number of halogens is 3. The van der Waals surface area contributed by atoms with Crippen LogP contribution in [0.3, 0.4) is 0 Å². The number of rotatable bonds is 3. The van der Waals surface area contributed by atoms with Gasteiger partial charge < -0.3 is 10.1 Å². The van der Waals surface area contributed by atoms with Crippen LogP contribution in [0, 0.1) is 18.3 Å². The van der Waals surface area contributed by atoms with Gasteiger partial charge in [0.25, 0.3) is 5.91 Å². The van der Waals surface area contributed by atoms with Crippen LogP contribution in [0.5, 0.6) is 5.75 Å². The van der Waals surface area contributed by atoms with Crippen molar-refractivity contribution >= 4 is 22.9 Å². The van der Waals surface area contributed by atoms with Crippen LogP contribution in [-0.4, -0.2) is 17.3 Å². The molecule has 0 saturated carbocycles. The Labute approximate surface area is 127 Å². The summed E-state index contributed by atoms with van der Waals surface area (Å²) in [5.74, 6) is -1.07. The quantitative estimate of drug-likeness (QED) is 0.936. The SMILES string of the molecule is Cc1ncsc1C(=O)Nc1ccc(OC(F)(F)F)c(C#N)c1. The number of anilines is 1. The zero-order valence-corrected chi connectivity index (χ0v) is 11.9. The smallest absolute Gasteiger partial charge is 0.404 e. The first-order valence-corrected chi connectivity index (χ1v) is 6.69. The van der Waals surface area contributed by atoms with Gasteiger partial charge >= 0.3 is 6.36 Å². The average molecular weight is 327 g/mol. The molecule has 5 nitrogen and oxygen atoms in total. The Kier molecular flexibility index (Phi) is 4.32. The number of hydrogen-bond donors (Lipinski definition) is 1. The molecule has 22 heavy (non-hydrogen) atoms. The first-order chi connectivity index (χ1) is 10.3. The Morgan fingerprint density at radius 3 is 2.73 bits per heavy atom. The molecule has 0 aliphatic rings. The summed E-state index contributed by atoms with van der Waals surface area (Å²) < 4.78 is 40.3. The minimum Gasteiger partial charge on any atom is -0.404 e. The molecule has 114 valence electrons. The number of thiazole rings is 1. The van der Waals surface area contributed by atoms with Crippen molar-refractivity contribution in [1.29, 1.82) is 5.26 Å². The van der Waals surface area contributed by atoms with Crippen molar-refractivity contribution in [3.8, 4) is 11.8 Å². The summed E-state index contributed by atoms with van der Waals surface area (Å²) in [6.45, 7) is 1.66. The van der Waals surface area contributed by atoms with Crippen LogP contribution >= 0.6 is 11.3 Å². The molecule has 0 fully saturated rings. The van der Waals surface area contributed by atoms with E-state index in [0.29, 0.717) is 10.6 Å². The molecule has 1 heterocycles. The van der Waals surface area contributed by atoms with E-state index >= 15 is 0 Å². The zero-order valence-electron chi connectivity index (χ0n) is 11.1. The lowest BCUT2D eigenvalue weighted by Gasteiger charge is -2.11. The Morgan fingerprint density at radius 1 is 1.45 bits per heavy atom. The number of alkyl halides is 3. The highest BCUT2D eigenvalue weighted by Gasteiger charge is 2.32. The molecule has 0 aliphatic heterocycles. The summed E-state index contributed by atoms with van der Waals surface area (Å²) in [6, 6.07) is 4.89. The summed E-state index contributed by atoms with van der Waals surface area (Å²) in [5, 5.41) is 11.4. The summed E-state index contributed by atoms with van der Waals surface area (Å²) in [4.78, 5) is 16.3. The Bertz CT molecular complexity index is 750. The van der Waals surface area contributed by atoms with Gasteiger partial charge in [-0.15, -0.1) is 24.5 Å². The normalized spacial score (nSPS) is 10.9. The minimum absolute atomic E-state index is 0.184. The fourth-order valence-corrected chi connectivity index (χ4v) is 2.31. The maximum atomic E-state index is 12.2. The standard InChI is InChI=1S/C13H8F3N3O2S/c1-7-11(22-6-18-7)12(20)19-9-2-3-10(8(4-9)5-17)21-13(14,15)16/h2-4,6H,1H3,(H,19,20). The van der Waals surface area contributed by atoms with Crippen molar-refractivity contribution in [3.05, 3.63) is 39.8 Å². The van der Waals surface area contributed by atoms with E-state index in [1.807, 2.05) is 0 Å². The molecule has 0 atom stereocenters. The lowest BCUT2D eigenvalue weighted by atomic mass is 10.2. The third-order valence-corrected chi connectivity index (χ3v) is 3.46. The van der Waals surface area contributed by atoms with Crippen LogP contribution < -0.4 is 10.1 Å². The third-order valence-electron chi connectivity index (χ3n) is 2.54. The number of aromatic nitrogens is 1. The molecule has 2 aromatic rings. The molecule has 0 unspecified atom stereocenters. The zero-order chi connectivity index (χ0) is 16.3. The van der Waals surface area contributed by atoms with Gasteiger partial charge in [0.2, 0.25) is 0 Å². The molecule has 0 aliphatic carbocycles. The summed E-state index contributed by atoms with van der Waals surface area (Å²) in [6.07, 6.45) is -4.89. The molecule has 0 spiro atoms. The van der Waals surface area contributed by atoms with E-state index in [2.05, 4.69) is 15.0 Å². The second-order valence-corrected chi connectivity index (χ2v) is 4.95. The first kappa shape index (κ1) is 15.8. The monoisotopic (exact) mass is 327 g/mol. The predicted octanol–water partition coefficient (Wildman–Crippen LogP) is 3.47. The molecule has 2 rings (SSSR count). The predicted molar refractivity (Wildman–Crippen MR) is 72.6 cm³/mol. The van der Waals surface area contributed by atoms with E-state index in [0.717, 1.165) is 23.5 Å². The van der Waals surface area contributed by atoms with E-state index < -0.39 is 18.0 Å². The average Bonchev–Trinajstić information content (AvgIpc) is 2.85. The summed E-state index contributed by atoms with van der Waals surface area (Å²) >= 11 is 1.14. The number of hydrogen-bond acceptors (Lipinski definition) is 5. The third kappa shape index (κ3) is 3.73. The van der Waals surface area contributed by atoms with Gasteiger partial charge in [0.05, 0.1) is 16.8 Å². The maximum Gasteiger partial charge on any atom is 0.573 e. The molecule has 0 radical (unpaired) electrons. The number of amides is 1. The van der Waals surface area contributed by atoms with Crippen LogP contribution in [0.2, 0.25) is 0 Å². The van der Waals surface area contributed by atoms with Gasteiger partial charge in [-0.1, -0.05) is 0 Å². The number of aryl methyl sites for hydroxylation is 1. The highest BCUT2D eigenvalue weighted by atomic mass is 32.1. The summed E-state index contributed by atoms with van der Waals surface area (Å²) in [5.41, 5.74) is 1.89. The fourth-order valence-electron chi connectivity index (χ4n) is 1.62. The molecule has 9 heteroatoms. The second kappa shape index (κ2) is 6.03. The minimum atomic E-state index is -4.89.